The molecule has 6 heteroatoms. The second-order valence-corrected chi connectivity index (χ2v) is 5.28. The van der Waals surface area contributed by atoms with Gasteiger partial charge in [0.15, 0.2) is 0 Å². The molecule has 0 saturated heterocycles. The number of hydrogen-bond donors (Lipinski definition) is 2. The Bertz CT molecular complexity index is 603. The van der Waals surface area contributed by atoms with Crippen LogP contribution in [-0.2, 0) is 16.1 Å². The maximum Gasteiger partial charge on any atom is 0.305 e. The van der Waals surface area contributed by atoms with Crippen molar-refractivity contribution in [2.24, 2.45) is 0 Å². The summed E-state index contributed by atoms with van der Waals surface area (Å²) in [4.78, 5) is 24.6. The fourth-order valence-electron chi connectivity index (χ4n) is 1.92. The van der Waals surface area contributed by atoms with Gasteiger partial charge in [0.25, 0.3) is 5.91 Å². The van der Waals surface area contributed by atoms with Gasteiger partial charge in [0.2, 0.25) is 0 Å². The number of aliphatic carboxylic acids is 1. The van der Waals surface area contributed by atoms with Gasteiger partial charge >= 0.3 is 5.97 Å². The highest BCUT2D eigenvalue weighted by molar-refractivity contribution is 5.97. The molecule has 1 aromatic rings. The Morgan fingerprint density at radius 3 is 2.52 bits per heavy atom. The maximum absolute atomic E-state index is 12.5. The fraction of sp³-hybridized carbons (Fsp3) is 0.353. The van der Waals surface area contributed by atoms with Crippen LogP contribution in [0.15, 0.2) is 42.1 Å². The van der Waals surface area contributed by atoms with Crippen molar-refractivity contribution >= 4 is 11.9 Å². The van der Waals surface area contributed by atoms with Gasteiger partial charge in [0, 0.05) is 25.3 Å². The average molecular weight is 315 g/mol. The first-order chi connectivity index (χ1) is 11.0. The number of carboxylic acids is 1. The Morgan fingerprint density at radius 2 is 2.00 bits per heavy atom. The van der Waals surface area contributed by atoms with Crippen molar-refractivity contribution in [1.29, 1.82) is 5.26 Å². The lowest BCUT2D eigenvalue weighted by Gasteiger charge is -2.26. The molecule has 0 atom stereocenters. The van der Waals surface area contributed by atoms with E-state index in [4.69, 9.17) is 5.11 Å². The summed E-state index contributed by atoms with van der Waals surface area (Å²) in [6.45, 7) is 4.33. The Morgan fingerprint density at radius 1 is 1.35 bits per heavy atom. The van der Waals surface area contributed by atoms with E-state index in [1.54, 1.807) is 4.90 Å². The topological polar surface area (TPSA) is 93.4 Å². The normalized spacial score (nSPS) is 11.0. The largest absolute Gasteiger partial charge is 0.481 e. The summed E-state index contributed by atoms with van der Waals surface area (Å²) in [5.74, 6) is -1.32. The molecular formula is C17H21N3O3. The van der Waals surface area contributed by atoms with Gasteiger partial charge in [-0.2, -0.15) is 5.26 Å². The summed E-state index contributed by atoms with van der Waals surface area (Å²) < 4.78 is 0. The molecule has 0 aliphatic carbocycles. The molecule has 0 saturated carbocycles. The summed E-state index contributed by atoms with van der Waals surface area (Å²) in [6, 6.07) is 11.3. The molecule has 6 nitrogen and oxygen atoms in total. The predicted molar refractivity (Wildman–Crippen MR) is 86.1 cm³/mol. The van der Waals surface area contributed by atoms with Crippen LogP contribution in [0.25, 0.3) is 0 Å². The van der Waals surface area contributed by atoms with Gasteiger partial charge in [-0.05, 0) is 19.4 Å². The summed E-state index contributed by atoms with van der Waals surface area (Å²) in [6.07, 6.45) is 1.20. The zero-order valence-electron chi connectivity index (χ0n) is 13.3. The summed E-state index contributed by atoms with van der Waals surface area (Å²) in [5.41, 5.74) is 0.936. The van der Waals surface area contributed by atoms with Gasteiger partial charge in [-0.3, -0.25) is 9.59 Å². The number of nitrogens with one attached hydrogen (secondary N) is 1. The van der Waals surface area contributed by atoms with Crippen LogP contribution < -0.4 is 5.32 Å². The highest BCUT2D eigenvalue weighted by atomic mass is 16.4. The van der Waals surface area contributed by atoms with Crippen molar-refractivity contribution in [3.63, 3.8) is 0 Å². The Balaban J connectivity index is 2.80. The predicted octanol–water partition coefficient (Wildman–Crippen LogP) is 1.90. The molecule has 0 radical (unpaired) electrons. The van der Waals surface area contributed by atoms with Crippen LogP contribution in [0, 0.1) is 11.3 Å². The lowest BCUT2D eigenvalue weighted by atomic mass is 10.1. The highest BCUT2D eigenvalue weighted by Crippen LogP contribution is 2.12. The molecule has 0 bridgehead atoms. The van der Waals surface area contributed by atoms with Gasteiger partial charge in [-0.25, -0.2) is 0 Å². The van der Waals surface area contributed by atoms with Gasteiger partial charge in [-0.1, -0.05) is 30.3 Å². The third-order valence-electron chi connectivity index (χ3n) is 3.16. The van der Waals surface area contributed by atoms with Gasteiger partial charge < -0.3 is 15.3 Å². The molecule has 0 fully saturated rings. The number of hydrogen-bond acceptors (Lipinski definition) is 4. The third-order valence-corrected chi connectivity index (χ3v) is 3.16. The quantitative estimate of drug-likeness (QED) is 0.434. The molecule has 0 unspecified atom stereocenters. The molecule has 1 aromatic carbocycles. The van der Waals surface area contributed by atoms with Gasteiger partial charge in [0.1, 0.15) is 11.6 Å². The van der Waals surface area contributed by atoms with Crippen molar-refractivity contribution in [3.8, 4) is 6.07 Å². The van der Waals surface area contributed by atoms with Crippen molar-refractivity contribution < 1.29 is 14.7 Å². The summed E-state index contributed by atoms with van der Waals surface area (Å²) >= 11 is 0. The molecule has 2 N–H and O–H groups in total. The smallest absolute Gasteiger partial charge is 0.305 e. The monoisotopic (exact) mass is 315 g/mol. The number of carbonyl (C=O) groups is 2. The Kier molecular flexibility index (Phi) is 7.34. The van der Waals surface area contributed by atoms with E-state index in [0.29, 0.717) is 6.54 Å². The number of nitriles is 1. The highest BCUT2D eigenvalue weighted by Gasteiger charge is 2.21. The number of nitrogens with zero attached hydrogens (tertiary/aromatic N) is 2. The lowest BCUT2D eigenvalue weighted by molar-refractivity contribution is -0.136. The van der Waals surface area contributed by atoms with Crippen LogP contribution in [-0.4, -0.2) is 34.5 Å². The standard InChI is InChI=1S/C17H21N3O3/c1-13(2)20(12-14-6-4-3-5-7-14)17(23)15(10-18)11-19-9-8-16(21)22/h3-7,11,13,19H,8-9,12H2,1-2H3,(H,21,22)/b15-11-. The van der Waals surface area contributed by atoms with E-state index in [9.17, 15) is 14.9 Å². The molecule has 1 amide bonds. The molecular weight excluding hydrogens is 294 g/mol. The molecule has 0 aliphatic heterocycles. The molecule has 0 aromatic heterocycles. The van der Waals surface area contributed by atoms with Crippen LogP contribution in [0.3, 0.4) is 0 Å². The number of amides is 1. The van der Waals surface area contributed by atoms with E-state index < -0.39 is 5.97 Å². The minimum absolute atomic E-state index is 0.0416. The van der Waals surface area contributed by atoms with E-state index in [1.807, 2.05) is 50.2 Å². The lowest BCUT2D eigenvalue weighted by Crippen LogP contribution is -2.37. The first-order valence-corrected chi connectivity index (χ1v) is 7.36. The van der Waals surface area contributed by atoms with E-state index in [1.165, 1.54) is 6.20 Å². The summed E-state index contributed by atoms with van der Waals surface area (Å²) in [5, 5.41) is 20.4. The van der Waals surface area contributed by atoms with E-state index in [-0.39, 0.29) is 30.5 Å². The van der Waals surface area contributed by atoms with Crippen LogP contribution in [0.4, 0.5) is 0 Å². The van der Waals surface area contributed by atoms with Gasteiger partial charge in [-0.15, -0.1) is 0 Å². The average Bonchev–Trinajstić information content (AvgIpc) is 2.52. The molecule has 0 aliphatic rings. The number of carboxylic acid groups (broad SMARTS) is 1. The molecule has 1 rings (SSSR count). The minimum atomic E-state index is -0.941. The third kappa shape index (κ3) is 6.22. The van der Waals surface area contributed by atoms with Crippen molar-refractivity contribution in [3.05, 3.63) is 47.7 Å². The van der Waals surface area contributed by atoms with E-state index >= 15 is 0 Å². The second-order valence-electron chi connectivity index (χ2n) is 5.28. The Hall–Kier alpha value is -2.81. The SMILES string of the molecule is CC(C)N(Cc1ccccc1)C(=O)/C(C#N)=C\NCCC(=O)O. The van der Waals surface area contributed by atoms with Crippen molar-refractivity contribution in [1.82, 2.24) is 10.2 Å². The number of carbonyl (C=O) groups excluding carboxylic acids is 1. The molecule has 23 heavy (non-hydrogen) atoms. The van der Waals surface area contributed by atoms with Crippen LogP contribution in [0.5, 0.6) is 0 Å². The first kappa shape index (κ1) is 18.2. The van der Waals surface area contributed by atoms with Crippen LogP contribution in [0.2, 0.25) is 0 Å². The molecule has 0 spiro atoms. The summed E-state index contributed by atoms with van der Waals surface area (Å²) in [7, 11) is 0. The second kappa shape index (κ2) is 9.26. The van der Waals surface area contributed by atoms with Gasteiger partial charge in [0.05, 0.1) is 6.42 Å². The zero-order chi connectivity index (χ0) is 17.2. The Labute approximate surface area is 136 Å². The first-order valence-electron chi connectivity index (χ1n) is 7.36. The van der Waals surface area contributed by atoms with Crippen molar-refractivity contribution in [2.45, 2.75) is 32.9 Å². The zero-order valence-corrected chi connectivity index (χ0v) is 13.3. The van der Waals surface area contributed by atoms with Crippen molar-refractivity contribution in [2.75, 3.05) is 6.54 Å². The minimum Gasteiger partial charge on any atom is -0.481 e. The van der Waals surface area contributed by atoms with E-state index in [0.717, 1.165) is 5.56 Å². The fourth-order valence-corrected chi connectivity index (χ4v) is 1.92. The molecule has 0 heterocycles. The van der Waals surface area contributed by atoms with Crippen LogP contribution in [0.1, 0.15) is 25.8 Å². The van der Waals surface area contributed by atoms with E-state index in [2.05, 4.69) is 5.32 Å². The number of benzene rings is 1. The molecule has 122 valence electrons. The maximum atomic E-state index is 12.5. The van der Waals surface area contributed by atoms with Crippen LogP contribution >= 0.6 is 0 Å². The number of rotatable bonds is 8.